The zero-order chi connectivity index (χ0) is 0. The van der Waals surface area contributed by atoms with Crippen LogP contribution in [0.3, 0.4) is 0 Å². The minimum Gasteiger partial charge on any atom is 0 e. The molecule has 0 bridgehead atoms. The third kappa shape index (κ3) is 9.19. The van der Waals surface area contributed by atoms with Gasteiger partial charge in [0.2, 0.25) is 0 Å². The van der Waals surface area contributed by atoms with E-state index in [9.17, 15) is 0 Å². The van der Waals surface area contributed by atoms with E-state index in [4.69, 9.17) is 0 Å². The fourth-order valence-corrected chi connectivity index (χ4v) is 0. The molecular weight excluding hydrogens is 515 g/mol. The molecule has 0 unspecified atom stereocenters. The van der Waals surface area contributed by atoms with Crippen LogP contribution in [0.5, 0.6) is 0 Å². The van der Waals surface area contributed by atoms with E-state index >= 15 is 0 Å². The Balaban J connectivity index is 0. The minimum absolute atomic E-state index is 0. The molecule has 0 aromatic heterocycles. The fraction of sp³-hybridized carbons (Fsp3) is 0. The molecule has 4 heteroatoms. The second-order valence-corrected chi connectivity index (χ2v) is 0. The molecule has 0 heterocycles. The molecule has 0 N–H and O–H groups in total. The maximum atomic E-state index is 0. The fourth-order valence-electron chi connectivity index (χ4n) is 0. The van der Waals surface area contributed by atoms with Gasteiger partial charge in [-0.1, -0.05) is 0 Å². The van der Waals surface area contributed by atoms with Gasteiger partial charge in [0.05, 0.1) is 0 Å². The molecule has 4 heavy (non-hydrogen) atoms. The first kappa shape index (κ1) is 25.3. The van der Waals surface area contributed by atoms with Crippen LogP contribution >= 0.6 is 0 Å². The molecule has 0 amide bonds. The Morgan fingerprint density at radius 2 is 0.500 bits per heavy atom. The standard InChI is InChI=1S/3Sn.Tb. The summed E-state index contributed by atoms with van der Waals surface area (Å²) in [5.74, 6) is 0. The Morgan fingerprint density at radius 3 is 0.500 bits per heavy atom. The molecule has 0 nitrogen and oxygen atoms in total. The van der Waals surface area contributed by atoms with E-state index in [0.29, 0.717) is 0 Å². The Morgan fingerprint density at radius 1 is 0.500 bits per heavy atom. The van der Waals surface area contributed by atoms with Gasteiger partial charge in [-0.3, -0.25) is 0 Å². The Labute approximate surface area is 108 Å². The molecule has 0 aromatic carbocycles. The Bertz CT molecular complexity index is 3.25. The molecule has 13 radical (unpaired) electrons. The van der Waals surface area contributed by atoms with E-state index in [2.05, 4.69) is 0 Å². The van der Waals surface area contributed by atoms with E-state index in [1.807, 2.05) is 0 Å². The molecule has 0 aliphatic carbocycles. The first-order valence-corrected chi connectivity index (χ1v) is 0. The Hall–Kier alpha value is 3.68. The predicted octanol–water partition coefficient (Wildman–Crippen LogP) is -1.14. The van der Waals surface area contributed by atoms with Gasteiger partial charge in [-0.25, -0.2) is 0 Å². The average Bonchev–Trinajstić information content (AvgIpc) is 0. The quantitative estimate of drug-likeness (QED) is 0.359. The van der Waals surface area contributed by atoms with Crippen molar-refractivity contribution in [2.45, 2.75) is 0 Å². The molecule has 21 valence electrons. The molecule has 0 aliphatic heterocycles. The van der Waals surface area contributed by atoms with Crippen molar-refractivity contribution in [3.05, 3.63) is 0 Å². The number of hydrogen-bond acceptors (Lipinski definition) is 0. The molecule has 0 saturated carbocycles. The molecule has 0 atom stereocenters. The summed E-state index contributed by atoms with van der Waals surface area (Å²) in [4.78, 5) is 0. The smallest absolute Gasteiger partial charge is 0 e. The first-order chi connectivity index (χ1) is 0. The topological polar surface area (TPSA) is 0 Å². The molecule has 0 aliphatic rings. The third-order valence-electron chi connectivity index (χ3n) is 0. The van der Waals surface area contributed by atoms with Gasteiger partial charge in [-0.15, -0.1) is 0 Å². The van der Waals surface area contributed by atoms with Gasteiger partial charge in [0.25, 0.3) is 0 Å². The zero-order valence-corrected chi connectivity index (χ0v) is 12.5. The summed E-state index contributed by atoms with van der Waals surface area (Å²) < 4.78 is 0. The van der Waals surface area contributed by atoms with Crippen LogP contribution in [0.1, 0.15) is 0 Å². The summed E-state index contributed by atoms with van der Waals surface area (Å²) in [5.41, 5.74) is 0. The van der Waals surface area contributed by atoms with Crippen molar-refractivity contribution in [3.63, 3.8) is 0 Å². The van der Waals surface area contributed by atoms with Crippen molar-refractivity contribution in [2.75, 3.05) is 0 Å². The van der Waals surface area contributed by atoms with Crippen LogP contribution in [0.2, 0.25) is 0 Å². The van der Waals surface area contributed by atoms with Crippen LogP contribution in [-0.4, -0.2) is 71.7 Å². The van der Waals surface area contributed by atoms with Gasteiger partial charge < -0.3 is 0 Å². The normalized spacial score (nSPS) is 0. The van der Waals surface area contributed by atoms with E-state index in [1.54, 1.807) is 0 Å². The third-order valence-corrected chi connectivity index (χ3v) is 0. The van der Waals surface area contributed by atoms with Crippen molar-refractivity contribution in [1.29, 1.82) is 0 Å². The summed E-state index contributed by atoms with van der Waals surface area (Å²) in [6.45, 7) is 0. The average molecular weight is 515 g/mol. The van der Waals surface area contributed by atoms with Crippen LogP contribution in [0.4, 0.5) is 0 Å². The van der Waals surface area contributed by atoms with E-state index < -0.39 is 0 Å². The molecule has 0 aromatic rings. The van der Waals surface area contributed by atoms with Gasteiger partial charge in [-0.05, 0) is 0 Å². The van der Waals surface area contributed by atoms with Gasteiger partial charge in [-0.2, -0.15) is 0 Å². The molecule has 0 saturated heterocycles. The monoisotopic (exact) mass is 519 g/mol. The summed E-state index contributed by atoms with van der Waals surface area (Å²) in [7, 11) is 0. The van der Waals surface area contributed by atoms with Crippen LogP contribution < -0.4 is 0 Å². The Kier molecular flexibility index (Phi) is 101. The second kappa shape index (κ2) is 15.9. The van der Waals surface area contributed by atoms with Crippen LogP contribution in [0.15, 0.2) is 0 Å². The van der Waals surface area contributed by atoms with Gasteiger partial charge in [0, 0.05) is 110 Å². The number of rotatable bonds is 0. The van der Waals surface area contributed by atoms with E-state index in [-0.39, 0.29) is 110 Å². The van der Waals surface area contributed by atoms with Gasteiger partial charge >= 0.3 is 0 Å². The summed E-state index contributed by atoms with van der Waals surface area (Å²) >= 11 is 0. The maximum Gasteiger partial charge on any atom is 0 e. The van der Waals surface area contributed by atoms with Crippen molar-refractivity contribution in [3.8, 4) is 0 Å². The maximum absolute atomic E-state index is 0. The van der Waals surface area contributed by atoms with Crippen LogP contribution in [0, 0.1) is 38.6 Å². The van der Waals surface area contributed by atoms with Gasteiger partial charge in [0.15, 0.2) is 0 Å². The van der Waals surface area contributed by atoms with E-state index in [1.165, 1.54) is 0 Å². The van der Waals surface area contributed by atoms with Crippen molar-refractivity contribution < 1.29 is 38.6 Å². The van der Waals surface area contributed by atoms with Crippen LogP contribution in [0.25, 0.3) is 0 Å². The zero-order valence-electron chi connectivity index (χ0n) is 1.83. The summed E-state index contributed by atoms with van der Waals surface area (Å²) in [6, 6.07) is 0. The molecule has 0 spiro atoms. The van der Waals surface area contributed by atoms with Gasteiger partial charge in [0.1, 0.15) is 0 Å². The van der Waals surface area contributed by atoms with Crippen LogP contribution in [-0.2, 0) is 0 Å². The first-order valence-electron chi connectivity index (χ1n) is 0. The van der Waals surface area contributed by atoms with E-state index in [0.717, 1.165) is 0 Å². The SMILES string of the molecule is [Sn].[Sn].[Sn].[Tb]. The van der Waals surface area contributed by atoms with Crippen molar-refractivity contribution >= 4 is 71.7 Å². The van der Waals surface area contributed by atoms with Crippen molar-refractivity contribution in [2.24, 2.45) is 0 Å². The summed E-state index contributed by atoms with van der Waals surface area (Å²) in [5, 5.41) is 0. The second-order valence-electron chi connectivity index (χ2n) is 0. The minimum atomic E-state index is 0. The molecule has 0 rings (SSSR count). The van der Waals surface area contributed by atoms with Crippen molar-refractivity contribution in [1.82, 2.24) is 0 Å². The number of hydrogen-bond donors (Lipinski definition) is 0. The molecule has 0 fully saturated rings. The largest absolute Gasteiger partial charge is 0 e. The molecular formula is Sn3Tb. The predicted molar refractivity (Wildman–Crippen MR) is 17.3 cm³/mol. The summed E-state index contributed by atoms with van der Waals surface area (Å²) in [6.07, 6.45) is 0.